The van der Waals surface area contributed by atoms with Crippen LogP contribution in [0.2, 0.25) is 0 Å². The second-order valence-corrected chi connectivity index (χ2v) is 5.43. The molecule has 122 valence electrons. The molecule has 0 radical (unpaired) electrons. The van der Waals surface area contributed by atoms with E-state index in [1.165, 1.54) is 11.1 Å². The van der Waals surface area contributed by atoms with E-state index in [9.17, 15) is 0 Å². The van der Waals surface area contributed by atoms with E-state index < -0.39 is 0 Å². The minimum absolute atomic E-state index is 0.807. The lowest BCUT2D eigenvalue weighted by Crippen LogP contribution is -2.44. The number of aryl methyl sites for hydroxylation is 1. The van der Waals surface area contributed by atoms with Gasteiger partial charge < -0.3 is 15.4 Å². The first-order chi connectivity index (χ1) is 10.8. The van der Waals surface area contributed by atoms with Gasteiger partial charge in [0, 0.05) is 39.8 Å². The minimum atomic E-state index is 0.807. The van der Waals surface area contributed by atoms with Crippen molar-refractivity contribution in [3.8, 4) is 0 Å². The molecule has 1 aliphatic heterocycles. The summed E-state index contributed by atoms with van der Waals surface area (Å²) in [5.74, 6) is 0.860. The van der Waals surface area contributed by atoms with E-state index in [1.54, 1.807) is 0 Å². The molecule has 0 bridgehead atoms. The van der Waals surface area contributed by atoms with Crippen LogP contribution in [0.3, 0.4) is 0 Å². The van der Waals surface area contributed by atoms with Gasteiger partial charge in [0.15, 0.2) is 5.96 Å². The van der Waals surface area contributed by atoms with Crippen LogP contribution in [0, 0.1) is 0 Å². The standard InChI is InChI=1S/C17H28N4O/c1-3-15-6-4-5-7-16(15)14-20-17(18-2)19-8-9-21-10-12-22-13-11-21/h4-7H,3,8-14H2,1-2H3,(H2,18,19,20). The van der Waals surface area contributed by atoms with Crippen molar-refractivity contribution in [3.63, 3.8) is 0 Å². The summed E-state index contributed by atoms with van der Waals surface area (Å²) in [6.45, 7) is 8.66. The predicted molar refractivity (Wildman–Crippen MR) is 91.3 cm³/mol. The molecule has 0 unspecified atom stereocenters. The largest absolute Gasteiger partial charge is 0.379 e. The van der Waals surface area contributed by atoms with Crippen LogP contribution in [0.5, 0.6) is 0 Å². The minimum Gasteiger partial charge on any atom is -0.379 e. The topological polar surface area (TPSA) is 48.9 Å². The first kappa shape index (κ1) is 16.8. The van der Waals surface area contributed by atoms with Gasteiger partial charge in [-0.05, 0) is 17.5 Å². The first-order valence-corrected chi connectivity index (χ1v) is 8.15. The molecule has 0 spiro atoms. The first-order valence-electron chi connectivity index (χ1n) is 8.15. The molecule has 5 nitrogen and oxygen atoms in total. The number of hydrogen-bond donors (Lipinski definition) is 2. The summed E-state index contributed by atoms with van der Waals surface area (Å²) >= 11 is 0. The number of aliphatic imine (C=N–C) groups is 1. The molecule has 1 aromatic rings. The third-order valence-corrected chi connectivity index (χ3v) is 3.99. The lowest BCUT2D eigenvalue weighted by Gasteiger charge is -2.26. The fraction of sp³-hybridized carbons (Fsp3) is 0.588. The van der Waals surface area contributed by atoms with Crippen molar-refractivity contribution in [1.29, 1.82) is 0 Å². The van der Waals surface area contributed by atoms with Crippen LogP contribution in [0.15, 0.2) is 29.3 Å². The normalized spacial score (nSPS) is 16.5. The number of guanidine groups is 1. The van der Waals surface area contributed by atoms with Crippen LogP contribution in [0.4, 0.5) is 0 Å². The maximum atomic E-state index is 5.36. The van der Waals surface area contributed by atoms with Gasteiger partial charge in [0.2, 0.25) is 0 Å². The van der Waals surface area contributed by atoms with Crippen molar-refractivity contribution >= 4 is 5.96 Å². The van der Waals surface area contributed by atoms with E-state index >= 15 is 0 Å². The average molecular weight is 304 g/mol. The number of morpholine rings is 1. The maximum absolute atomic E-state index is 5.36. The SMILES string of the molecule is CCc1ccccc1CNC(=NC)NCCN1CCOCC1. The quantitative estimate of drug-likeness (QED) is 0.613. The Hall–Kier alpha value is -1.59. The van der Waals surface area contributed by atoms with Crippen molar-refractivity contribution < 1.29 is 4.74 Å². The van der Waals surface area contributed by atoms with Crippen molar-refractivity contribution in [2.24, 2.45) is 4.99 Å². The molecule has 2 N–H and O–H groups in total. The number of nitrogens with one attached hydrogen (secondary N) is 2. The highest BCUT2D eigenvalue weighted by Gasteiger charge is 2.09. The summed E-state index contributed by atoms with van der Waals surface area (Å²) in [5.41, 5.74) is 2.72. The fourth-order valence-electron chi connectivity index (χ4n) is 2.63. The Labute approximate surface area is 133 Å². The number of nitrogens with zero attached hydrogens (tertiary/aromatic N) is 2. The summed E-state index contributed by atoms with van der Waals surface area (Å²) in [4.78, 5) is 6.71. The number of hydrogen-bond acceptors (Lipinski definition) is 3. The molecule has 1 heterocycles. The molecule has 0 amide bonds. The Balaban J connectivity index is 1.72. The van der Waals surface area contributed by atoms with Gasteiger partial charge >= 0.3 is 0 Å². The lowest BCUT2D eigenvalue weighted by molar-refractivity contribution is 0.0389. The van der Waals surface area contributed by atoms with Crippen molar-refractivity contribution in [1.82, 2.24) is 15.5 Å². The Kier molecular flexibility index (Phi) is 7.19. The van der Waals surface area contributed by atoms with Crippen LogP contribution >= 0.6 is 0 Å². The number of ether oxygens (including phenoxy) is 1. The van der Waals surface area contributed by atoms with Crippen molar-refractivity contribution in [2.75, 3.05) is 46.4 Å². The molecule has 1 aliphatic rings. The molecule has 0 saturated carbocycles. The van der Waals surface area contributed by atoms with Gasteiger partial charge in [0.1, 0.15) is 0 Å². The zero-order chi connectivity index (χ0) is 15.6. The van der Waals surface area contributed by atoms with E-state index in [4.69, 9.17) is 4.74 Å². The summed E-state index contributed by atoms with van der Waals surface area (Å²) in [6, 6.07) is 8.54. The molecule has 1 aromatic carbocycles. The Morgan fingerprint density at radius 3 is 2.59 bits per heavy atom. The molecular formula is C17H28N4O. The molecule has 0 aliphatic carbocycles. The highest BCUT2D eigenvalue weighted by atomic mass is 16.5. The summed E-state index contributed by atoms with van der Waals surface area (Å²) < 4.78 is 5.36. The van der Waals surface area contributed by atoms with Gasteiger partial charge in [-0.3, -0.25) is 9.89 Å². The third kappa shape index (κ3) is 5.31. The summed E-state index contributed by atoms with van der Waals surface area (Å²) in [7, 11) is 1.82. The van der Waals surface area contributed by atoms with Gasteiger partial charge in [-0.1, -0.05) is 31.2 Å². The average Bonchev–Trinajstić information content (AvgIpc) is 2.59. The van der Waals surface area contributed by atoms with E-state index in [0.717, 1.165) is 58.3 Å². The highest BCUT2D eigenvalue weighted by molar-refractivity contribution is 5.79. The highest BCUT2D eigenvalue weighted by Crippen LogP contribution is 2.08. The van der Waals surface area contributed by atoms with Crippen LogP contribution in [-0.2, 0) is 17.7 Å². The number of rotatable bonds is 6. The van der Waals surface area contributed by atoms with Gasteiger partial charge in [-0.15, -0.1) is 0 Å². The van der Waals surface area contributed by atoms with E-state index in [1.807, 2.05) is 7.05 Å². The Morgan fingerprint density at radius 2 is 1.91 bits per heavy atom. The van der Waals surface area contributed by atoms with E-state index in [0.29, 0.717) is 0 Å². The van der Waals surface area contributed by atoms with Crippen LogP contribution in [0.1, 0.15) is 18.1 Å². The lowest BCUT2D eigenvalue weighted by atomic mass is 10.1. The van der Waals surface area contributed by atoms with Gasteiger partial charge in [-0.25, -0.2) is 0 Å². The van der Waals surface area contributed by atoms with Gasteiger partial charge in [-0.2, -0.15) is 0 Å². The summed E-state index contributed by atoms with van der Waals surface area (Å²) in [6.07, 6.45) is 1.06. The van der Waals surface area contributed by atoms with E-state index in [2.05, 4.69) is 51.7 Å². The Bertz CT molecular complexity index is 469. The third-order valence-electron chi connectivity index (χ3n) is 3.99. The number of benzene rings is 1. The van der Waals surface area contributed by atoms with Crippen LogP contribution < -0.4 is 10.6 Å². The molecule has 0 atom stereocenters. The van der Waals surface area contributed by atoms with E-state index in [-0.39, 0.29) is 0 Å². The molecule has 22 heavy (non-hydrogen) atoms. The van der Waals surface area contributed by atoms with Crippen molar-refractivity contribution in [2.45, 2.75) is 19.9 Å². The monoisotopic (exact) mass is 304 g/mol. The molecule has 0 aromatic heterocycles. The molecule has 2 rings (SSSR count). The second-order valence-electron chi connectivity index (χ2n) is 5.43. The summed E-state index contributed by atoms with van der Waals surface area (Å²) in [5, 5.41) is 6.77. The molecular weight excluding hydrogens is 276 g/mol. The molecule has 1 saturated heterocycles. The van der Waals surface area contributed by atoms with Gasteiger partial charge in [0.05, 0.1) is 13.2 Å². The second kappa shape index (κ2) is 9.43. The zero-order valence-electron chi connectivity index (χ0n) is 13.8. The fourth-order valence-corrected chi connectivity index (χ4v) is 2.63. The van der Waals surface area contributed by atoms with Crippen LogP contribution in [0.25, 0.3) is 0 Å². The van der Waals surface area contributed by atoms with Crippen molar-refractivity contribution in [3.05, 3.63) is 35.4 Å². The van der Waals surface area contributed by atoms with Gasteiger partial charge in [0.25, 0.3) is 0 Å². The smallest absolute Gasteiger partial charge is 0.191 e. The Morgan fingerprint density at radius 1 is 1.18 bits per heavy atom. The maximum Gasteiger partial charge on any atom is 0.191 e. The molecule has 5 heteroatoms. The zero-order valence-corrected chi connectivity index (χ0v) is 13.8. The molecule has 1 fully saturated rings. The van der Waals surface area contributed by atoms with Crippen LogP contribution in [-0.4, -0.2) is 57.3 Å². The predicted octanol–water partition coefficient (Wildman–Crippen LogP) is 1.25.